The number of likely N-dealkylation sites (N-methyl/N-ethyl adjacent to an activating group) is 1. The van der Waals surface area contributed by atoms with Crippen LogP contribution < -0.4 is 5.32 Å². The maximum absolute atomic E-state index is 4.67. The second-order valence-corrected chi connectivity index (χ2v) is 4.37. The molecule has 1 aromatic heterocycles. The third-order valence-electron chi connectivity index (χ3n) is 3.19. The molecule has 1 heterocycles. The van der Waals surface area contributed by atoms with Crippen molar-refractivity contribution in [2.45, 2.75) is 20.3 Å². The molecule has 0 amide bonds. The molecule has 3 heteroatoms. The topological polar surface area (TPSA) is 29.9 Å². The third kappa shape index (κ3) is 1.83. The standard InChI is InChI=1S/C13H19N3/c1-9-7-11-12(8-10(9)2)16(4)13(15-11)5-6-14-3/h7-8,14H,5-6H2,1-4H3. The molecule has 0 saturated heterocycles. The lowest BCUT2D eigenvalue weighted by Gasteiger charge is -2.02. The van der Waals surface area contributed by atoms with Gasteiger partial charge in [0.05, 0.1) is 11.0 Å². The average molecular weight is 217 g/mol. The molecule has 0 fully saturated rings. The fourth-order valence-corrected chi connectivity index (χ4v) is 1.96. The highest BCUT2D eigenvalue weighted by Crippen LogP contribution is 2.19. The van der Waals surface area contributed by atoms with E-state index in [1.807, 2.05) is 7.05 Å². The second-order valence-electron chi connectivity index (χ2n) is 4.37. The van der Waals surface area contributed by atoms with Crippen molar-refractivity contribution in [3.8, 4) is 0 Å². The lowest BCUT2D eigenvalue weighted by Crippen LogP contribution is -2.12. The molecule has 0 bridgehead atoms. The summed E-state index contributed by atoms with van der Waals surface area (Å²) in [6.45, 7) is 5.25. The van der Waals surface area contributed by atoms with E-state index in [-0.39, 0.29) is 0 Å². The summed E-state index contributed by atoms with van der Waals surface area (Å²) in [4.78, 5) is 4.67. The molecule has 3 nitrogen and oxygen atoms in total. The number of hydrogen-bond donors (Lipinski definition) is 1. The summed E-state index contributed by atoms with van der Waals surface area (Å²) >= 11 is 0. The summed E-state index contributed by atoms with van der Waals surface area (Å²) in [5, 5.41) is 3.16. The molecule has 0 saturated carbocycles. The van der Waals surface area contributed by atoms with E-state index in [4.69, 9.17) is 0 Å². The molecule has 16 heavy (non-hydrogen) atoms. The van der Waals surface area contributed by atoms with Gasteiger partial charge in [-0.05, 0) is 44.2 Å². The quantitative estimate of drug-likeness (QED) is 0.851. The third-order valence-corrected chi connectivity index (χ3v) is 3.19. The molecule has 0 aliphatic heterocycles. The average Bonchev–Trinajstić information content (AvgIpc) is 2.54. The van der Waals surface area contributed by atoms with E-state index in [1.165, 1.54) is 16.6 Å². The maximum atomic E-state index is 4.67. The first-order chi connectivity index (χ1) is 7.63. The van der Waals surface area contributed by atoms with Crippen molar-refractivity contribution < 1.29 is 0 Å². The predicted octanol–water partition coefficient (Wildman–Crippen LogP) is 1.95. The molecule has 86 valence electrons. The van der Waals surface area contributed by atoms with Crippen molar-refractivity contribution >= 4 is 11.0 Å². The van der Waals surface area contributed by atoms with Crippen LogP contribution in [0.3, 0.4) is 0 Å². The van der Waals surface area contributed by atoms with E-state index >= 15 is 0 Å². The largest absolute Gasteiger partial charge is 0.331 e. The van der Waals surface area contributed by atoms with Crippen LogP contribution in [0.2, 0.25) is 0 Å². The van der Waals surface area contributed by atoms with Crippen molar-refractivity contribution in [2.75, 3.05) is 13.6 Å². The molecule has 0 aliphatic carbocycles. The van der Waals surface area contributed by atoms with Gasteiger partial charge in [-0.15, -0.1) is 0 Å². The first-order valence-corrected chi connectivity index (χ1v) is 5.70. The predicted molar refractivity (Wildman–Crippen MR) is 67.8 cm³/mol. The Bertz CT molecular complexity index is 511. The Labute approximate surface area is 96.5 Å². The Kier molecular flexibility index (Phi) is 2.97. The monoisotopic (exact) mass is 217 g/mol. The highest BCUT2D eigenvalue weighted by molar-refractivity contribution is 5.78. The van der Waals surface area contributed by atoms with Gasteiger partial charge in [0, 0.05) is 20.0 Å². The van der Waals surface area contributed by atoms with E-state index in [0.717, 1.165) is 24.3 Å². The van der Waals surface area contributed by atoms with E-state index < -0.39 is 0 Å². The summed E-state index contributed by atoms with van der Waals surface area (Å²) in [7, 11) is 4.06. The van der Waals surface area contributed by atoms with E-state index in [9.17, 15) is 0 Å². The zero-order valence-corrected chi connectivity index (χ0v) is 10.5. The fourth-order valence-electron chi connectivity index (χ4n) is 1.96. The number of aryl methyl sites for hydroxylation is 3. The molecule has 0 radical (unpaired) electrons. The van der Waals surface area contributed by atoms with Crippen LogP contribution in [-0.4, -0.2) is 23.1 Å². The van der Waals surface area contributed by atoms with Crippen LogP contribution in [0.4, 0.5) is 0 Å². The number of nitrogens with one attached hydrogen (secondary N) is 1. The van der Waals surface area contributed by atoms with E-state index in [0.29, 0.717) is 0 Å². The fraction of sp³-hybridized carbons (Fsp3) is 0.462. The summed E-state index contributed by atoms with van der Waals surface area (Å²) in [6, 6.07) is 4.40. The van der Waals surface area contributed by atoms with E-state index in [1.54, 1.807) is 0 Å². The molecule has 1 aromatic carbocycles. The molecule has 2 aromatic rings. The smallest absolute Gasteiger partial charge is 0.110 e. The summed E-state index contributed by atoms with van der Waals surface area (Å²) < 4.78 is 2.19. The Balaban J connectivity index is 2.50. The zero-order valence-electron chi connectivity index (χ0n) is 10.5. The van der Waals surface area contributed by atoms with Gasteiger partial charge >= 0.3 is 0 Å². The Hall–Kier alpha value is -1.35. The van der Waals surface area contributed by atoms with Crippen molar-refractivity contribution in [3.05, 3.63) is 29.1 Å². The van der Waals surface area contributed by atoms with Crippen LogP contribution in [0.5, 0.6) is 0 Å². The van der Waals surface area contributed by atoms with Gasteiger partial charge in [0.25, 0.3) is 0 Å². The normalized spacial score (nSPS) is 11.2. The van der Waals surface area contributed by atoms with Gasteiger partial charge in [-0.25, -0.2) is 4.98 Å². The number of fused-ring (bicyclic) bond motifs is 1. The molecule has 0 atom stereocenters. The van der Waals surface area contributed by atoms with Crippen LogP contribution in [-0.2, 0) is 13.5 Å². The number of rotatable bonds is 3. The Morgan fingerprint density at radius 2 is 1.94 bits per heavy atom. The molecule has 2 rings (SSSR count). The number of nitrogens with zero attached hydrogens (tertiary/aromatic N) is 2. The molecule has 0 spiro atoms. The summed E-state index contributed by atoms with van der Waals surface area (Å²) in [5.74, 6) is 1.15. The Morgan fingerprint density at radius 1 is 1.25 bits per heavy atom. The van der Waals surface area contributed by atoms with Crippen LogP contribution in [0.15, 0.2) is 12.1 Å². The summed E-state index contributed by atoms with van der Waals surface area (Å²) in [5.41, 5.74) is 4.98. The maximum Gasteiger partial charge on any atom is 0.110 e. The minimum absolute atomic E-state index is 0.967. The van der Waals surface area contributed by atoms with Crippen LogP contribution >= 0.6 is 0 Å². The molecular formula is C13H19N3. The van der Waals surface area contributed by atoms with Crippen molar-refractivity contribution in [1.29, 1.82) is 0 Å². The van der Waals surface area contributed by atoms with Gasteiger partial charge in [0.1, 0.15) is 5.82 Å². The van der Waals surface area contributed by atoms with Gasteiger partial charge in [0.2, 0.25) is 0 Å². The van der Waals surface area contributed by atoms with Gasteiger partial charge in [-0.2, -0.15) is 0 Å². The molecular weight excluding hydrogens is 198 g/mol. The van der Waals surface area contributed by atoms with Crippen molar-refractivity contribution in [2.24, 2.45) is 7.05 Å². The molecule has 0 unspecified atom stereocenters. The van der Waals surface area contributed by atoms with Gasteiger partial charge < -0.3 is 9.88 Å². The first kappa shape index (κ1) is 11.1. The van der Waals surface area contributed by atoms with Crippen molar-refractivity contribution in [1.82, 2.24) is 14.9 Å². The van der Waals surface area contributed by atoms with E-state index in [2.05, 4.69) is 47.9 Å². The highest BCUT2D eigenvalue weighted by atomic mass is 15.1. The van der Waals surface area contributed by atoms with Gasteiger partial charge in [-0.1, -0.05) is 0 Å². The lowest BCUT2D eigenvalue weighted by molar-refractivity contribution is 0.726. The minimum atomic E-state index is 0.967. The van der Waals surface area contributed by atoms with Crippen LogP contribution in [0, 0.1) is 13.8 Å². The first-order valence-electron chi connectivity index (χ1n) is 5.70. The number of imidazole rings is 1. The lowest BCUT2D eigenvalue weighted by atomic mass is 10.1. The van der Waals surface area contributed by atoms with Crippen molar-refractivity contribution in [3.63, 3.8) is 0 Å². The Morgan fingerprint density at radius 3 is 2.62 bits per heavy atom. The second kappa shape index (κ2) is 4.26. The molecule has 1 N–H and O–H groups in total. The van der Waals surface area contributed by atoms with Gasteiger partial charge in [0.15, 0.2) is 0 Å². The minimum Gasteiger partial charge on any atom is -0.331 e. The zero-order chi connectivity index (χ0) is 11.7. The van der Waals surface area contributed by atoms with Crippen LogP contribution in [0.1, 0.15) is 17.0 Å². The molecule has 0 aliphatic rings. The summed E-state index contributed by atoms with van der Waals surface area (Å²) in [6.07, 6.45) is 0.972. The number of aromatic nitrogens is 2. The number of hydrogen-bond acceptors (Lipinski definition) is 2. The SMILES string of the molecule is CNCCc1nc2cc(C)c(C)cc2n1C. The number of benzene rings is 1. The van der Waals surface area contributed by atoms with Gasteiger partial charge in [-0.3, -0.25) is 0 Å². The van der Waals surface area contributed by atoms with Crippen LogP contribution in [0.25, 0.3) is 11.0 Å². The highest BCUT2D eigenvalue weighted by Gasteiger charge is 2.08.